The minimum Gasteiger partial charge on any atom is -0.377 e. The number of ether oxygens (including phenoxy) is 2. The zero-order chi connectivity index (χ0) is 15.2. The van der Waals surface area contributed by atoms with Crippen molar-refractivity contribution in [1.29, 1.82) is 0 Å². The van der Waals surface area contributed by atoms with Crippen molar-refractivity contribution < 1.29 is 9.47 Å². The number of aromatic nitrogens is 2. The molecule has 0 unspecified atom stereocenters. The fourth-order valence-corrected chi connectivity index (χ4v) is 3.57. The van der Waals surface area contributed by atoms with E-state index in [0.717, 1.165) is 45.3 Å². The van der Waals surface area contributed by atoms with E-state index in [1.54, 1.807) is 0 Å². The first-order valence-electron chi connectivity index (χ1n) is 8.74. The third-order valence-electron chi connectivity index (χ3n) is 4.95. The lowest BCUT2D eigenvalue weighted by Crippen LogP contribution is -2.45. The quantitative estimate of drug-likeness (QED) is 0.807. The maximum absolute atomic E-state index is 6.14. The van der Waals surface area contributed by atoms with Crippen LogP contribution in [0.1, 0.15) is 32.6 Å². The molecule has 0 spiro atoms. The lowest BCUT2D eigenvalue weighted by atomic mass is 9.88. The lowest BCUT2D eigenvalue weighted by Gasteiger charge is -2.34. The number of morpholine rings is 1. The van der Waals surface area contributed by atoms with E-state index in [9.17, 15) is 0 Å². The third kappa shape index (κ3) is 4.54. The van der Waals surface area contributed by atoms with E-state index in [2.05, 4.69) is 16.9 Å². The fourth-order valence-electron chi connectivity index (χ4n) is 3.57. The summed E-state index contributed by atoms with van der Waals surface area (Å²) in [7, 11) is 0. The molecule has 2 heterocycles. The number of hydrogen-bond donors (Lipinski definition) is 0. The molecule has 5 nitrogen and oxygen atoms in total. The van der Waals surface area contributed by atoms with Crippen LogP contribution in [-0.2, 0) is 16.0 Å². The van der Waals surface area contributed by atoms with Crippen LogP contribution in [0.3, 0.4) is 0 Å². The van der Waals surface area contributed by atoms with Gasteiger partial charge in [-0.05, 0) is 24.8 Å². The normalized spacial score (nSPS) is 30.5. The molecule has 1 aromatic heterocycles. The van der Waals surface area contributed by atoms with Crippen LogP contribution in [0.5, 0.6) is 0 Å². The molecule has 0 bridgehead atoms. The number of hydrogen-bond acceptors (Lipinski definition) is 4. The average molecular weight is 307 g/mol. The Kier molecular flexibility index (Phi) is 5.87. The second kappa shape index (κ2) is 8.09. The summed E-state index contributed by atoms with van der Waals surface area (Å²) in [6.45, 7) is 7.84. The van der Waals surface area contributed by atoms with Gasteiger partial charge in [0, 0.05) is 32.0 Å². The van der Waals surface area contributed by atoms with Crippen molar-refractivity contribution in [2.45, 2.75) is 51.4 Å². The molecule has 1 saturated heterocycles. The van der Waals surface area contributed by atoms with Gasteiger partial charge in [-0.25, -0.2) is 0 Å². The highest BCUT2D eigenvalue weighted by atomic mass is 16.5. The monoisotopic (exact) mass is 307 g/mol. The molecule has 0 N–H and O–H groups in total. The van der Waals surface area contributed by atoms with Gasteiger partial charge in [-0.15, -0.1) is 0 Å². The van der Waals surface area contributed by atoms with Crippen molar-refractivity contribution in [3.8, 4) is 0 Å². The average Bonchev–Trinajstić information content (AvgIpc) is 3.03. The molecule has 124 valence electrons. The maximum Gasteiger partial charge on any atom is 0.0898 e. The van der Waals surface area contributed by atoms with E-state index >= 15 is 0 Å². The van der Waals surface area contributed by atoms with Gasteiger partial charge in [0.1, 0.15) is 0 Å². The van der Waals surface area contributed by atoms with Gasteiger partial charge in [-0.2, -0.15) is 5.10 Å². The van der Waals surface area contributed by atoms with Gasteiger partial charge >= 0.3 is 0 Å². The second-order valence-electron chi connectivity index (χ2n) is 6.69. The lowest BCUT2D eigenvalue weighted by molar-refractivity contribution is -0.0576. The van der Waals surface area contributed by atoms with Crippen molar-refractivity contribution in [1.82, 2.24) is 14.7 Å². The summed E-state index contributed by atoms with van der Waals surface area (Å²) in [6, 6.07) is 1.96. The maximum atomic E-state index is 6.14. The largest absolute Gasteiger partial charge is 0.377 e. The van der Waals surface area contributed by atoms with Gasteiger partial charge in [-0.1, -0.05) is 19.8 Å². The van der Waals surface area contributed by atoms with Crippen LogP contribution in [0, 0.1) is 5.92 Å². The van der Waals surface area contributed by atoms with Gasteiger partial charge in [0.05, 0.1) is 32.0 Å². The third-order valence-corrected chi connectivity index (χ3v) is 4.95. The summed E-state index contributed by atoms with van der Waals surface area (Å²) in [5, 5.41) is 4.26. The molecule has 2 fully saturated rings. The van der Waals surface area contributed by atoms with E-state index in [1.165, 1.54) is 25.7 Å². The Bertz CT molecular complexity index is 424. The molecule has 1 saturated carbocycles. The molecule has 3 atom stereocenters. The van der Waals surface area contributed by atoms with Crippen LogP contribution in [0.15, 0.2) is 18.5 Å². The summed E-state index contributed by atoms with van der Waals surface area (Å²) >= 11 is 0. The Labute approximate surface area is 133 Å². The van der Waals surface area contributed by atoms with Crippen LogP contribution in [-0.4, -0.2) is 59.7 Å². The molecule has 2 aliphatic rings. The van der Waals surface area contributed by atoms with E-state index < -0.39 is 0 Å². The minimum absolute atomic E-state index is 0.238. The van der Waals surface area contributed by atoms with E-state index in [0.29, 0.717) is 6.10 Å². The summed E-state index contributed by atoms with van der Waals surface area (Å²) in [4.78, 5) is 2.46. The smallest absolute Gasteiger partial charge is 0.0898 e. The zero-order valence-electron chi connectivity index (χ0n) is 13.7. The summed E-state index contributed by atoms with van der Waals surface area (Å²) in [5.74, 6) is 0.728. The van der Waals surface area contributed by atoms with Crippen molar-refractivity contribution in [3.63, 3.8) is 0 Å². The van der Waals surface area contributed by atoms with Gasteiger partial charge in [-0.3, -0.25) is 9.58 Å². The molecular weight excluding hydrogens is 278 g/mol. The molecule has 1 aromatic rings. The summed E-state index contributed by atoms with van der Waals surface area (Å²) in [6.07, 6.45) is 9.81. The van der Waals surface area contributed by atoms with Gasteiger partial charge in [0.25, 0.3) is 0 Å². The molecule has 1 aliphatic carbocycles. The van der Waals surface area contributed by atoms with Crippen LogP contribution in [0.25, 0.3) is 0 Å². The zero-order valence-corrected chi connectivity index (χ0v) is 13.7. The molecular formula is C17H29N3O2. The van der Waals surface area contributed by atoms with E-state index in [-0.39, 0.29) is 6.10 Å². The Morgan fingerprint density at radius 1 is 1.32 bits per heavy atom. The van der Waals surface area contributed by atoms with E-state index in [1.807, 2.05) is 23.1 Å². The molecule has 22 heavy (non-hydrogen) atoms. The Morgan fingerprint density at radius 3 is 3.05 bits per heavy atom. The number of nitrogens with zero attached hydrogens (tertiary/aromatic N) is 3. The highest BCUT2D eigenvalue weighted by Gasteiger charge is 2.23. The predicted octanol–water partition coefficient (Wildman–Crippen LogP) is 2.18. The Balaban J connectivity index is 1.37. The van der Waals surface area contributed by atoms with Crippen LogP contribution in [0.2, 0.25) is 0 Å². The van der Waals surface area contributed by atoms with Crippen LogP contribution < -0.4 is 0 Å². The van der Waals surface area contributed by atoms with Gasteiger partial charge in [0.2, 0.25) is 0 Å². The first kappa shape index (κ1) is 16.0. The molecule has 3 rings (SSSR count). The van der Waals surface area contributed by atoms with Gasteiger partial charge in [0.15, 0.2) is 0 Å². The first-order chi connectivity index (χ1) is 10.8. The standard InChI is InChI=1S/C17H29N3O2/c1-15-5-2-3-6-17(15)22-12-10-19-9-11-21-16(13-19)14-20-8-4-7-18-20/h4,7-8,15-17H,2-3,5-6,9-14H2,1H3/t15-,16+,17-/m1/s1. The van der Waals surface area contributed by atoms with E-state index in [4.69, 9.17) is 9.47 Å². The highest BCUT2D eigenvalue weighted by Crippen LogP contribution is 2.26. The Morgan fingerprint density at radius 2 is 2.23 bits per heavy atom. The summed E-state index contributed by atoms with van der Waals surface area (Å²) < 4.78 is 13.9. The topological polar surface area (TPSA) is 39.5 Å². The van der Waals surface area contributed by atoms with Crippen molar-refractivity contribution >= 4 is 0 Å². The van der Waals surface area contributed by atoms with Gasteiger partial charge < -0.3 is 9.47 Å². The predicted molar refractivity (Wildman–Crippen MR) is 85.8 cm³/mol. The number of rotatable bonds is 6. The second-order valence-corrected chi connectivity index (χ2v) is 6.69. The fraction of sp³-hybridized carbons (Fsp3) is 0.824. The molecule has 1 aliphatic heterocycles. The SMILES string of the molecule is C[C@@H]1CCCC[C@H]1OCCN1CCO[C@H](Cn2cccn2)C1. The molecule has 0 amide bonds. The van der Waals surface area contributed by atoms with Crippen molar-refractivity contribution in [3.05, 3.63) is 18.5 Å². The molecule has 0 aromatic carbocycles. The summed E-state index contributed by atoms with van der Waals surface area (Å²) in [5.41, 5.74) is 0. The molecule has 5 heteroatoms. The molecule has 0 radical (unpaired) electrons. The van der Waals surface area contributed by atoms with Crippen molar-refractivity contribution in [2.75, 3.05) is 32.8 Å². The minimum atomic E-state index is 0.238. The van der Waals surface area contributed by atoms with Crippen LogP contribution >= 0.6 is 0 Å². The van der Waals surface area contributed by atoms with Crippen molar-refractivity contribution in [2.24, 2.45) is 5.92 Å². The first-order valence-corrected chi connectivity index (χ1v) is 8.74. The van der Waals surface area contributed by atoms with Crippen LogP contribution in [0.4, 0.5) is 0 Å². The Hall–Kier alpha value is -0.910. The highest BCUT2D eigenvalue weighted by molar-refractivity contribution is 4.80.